The fraction of sp³-hybridized carbons (Fsp3) is 0.600. The van der Waals surface area contributed by atoms with E-state index in [4.69, 9.17) is 0 Å². The Kier molecular flexibility index (Phi) is 4.39. The van der Waals surface area contributed by atoms with Gasteiger partial charge in [0.2, 0.25) is 10.0 Å². The van der Waals surface area contributed by atoms with Crippen LogP contribution in [0.2, 0.25) is 0 Å². The van der Waals surface area contributed by atoms with E-state index in [0.29, 0.717) is 10.8 Å². The van der Waals surface area contributed by atoms with Crippen molar-refractivity contribution >= 4 is 15.7 Å². The Hall–Kier alpha value is -1.07. The van der Waals surface area contributed by atoms with E-state index in [1.165, 1.54) is 4.31 Å². The Balaban J connectivity index is 2.26. The minimum absolute atomic E-state index is 0.00591. The lowest BCUT2D eigenvalue weighted by Crippen LogP contribution is -2.35. The molecule has 1 aliphatic heterocycles. The maximum Gasteiger partial charge on any atom is 0.243 e. The highest BCUT2D eigenvalue weighted by atomic mass is 32.2. The zero-order valence-electron chi connectivity index (χ0n) is 12.7. The molecule has 2 rings (SSSR count). The molecule has 1 heterocycles. The lowest BCUT2D eigenvalue weighted by Gasteiger charge is -2.25. The Bertz CT molecular complexity index is 582. The molecule has 0 aliphatic carbocycles. The molecule has 112 valence electrons. The molecular weight excluding hydrogens is 272 g/mol. The predicted octanol–water partition coefficient (Wildman–Crippen LogP) is 2.71. The minimum Gasteiger partial charge on any atom is -0.384 e. The summed E-state index contributed by atoms with van der Waals surface area (Å²) >= 11 is 0. The molecule has 0 saturated carbocycles. The molecule has 1 aromatic carbocycles. The van der Waals surface area contributed by atoms with Crippen molar-refractivity contribution in [3.63, 3.8) is 0 Å². The number of hydrogen-bond acceptors (Lipinski definition) is 3. The molecule has 0 bridgehead atoms. The van der Waals surface area contributed by atoms with E-state index in [0.717, 1.165) is 30.6 Å². The Morgan fingerprint density at radius 3 is 2.65 bits per heavy atom. The van der Waals surface area contributed by atoms with Gasteiger partial charge in [0, 0.05) is 25.3 Å². The highest BCUT2D eigenvalue weighted by Crippen LogP contribution is 2.27. The number of benzene rings is 1. The first kappa shape index (κ1) is 15.3. The fourth-order valence-electron chi connectivity index (χ4n) is 2.68. The average molecular weight is 296 g/mol. The van der Waals surface area contributed by atoms with Gasteiger partial charge in [0.1, 0.15) is 0 Å². The third-order valence-electron chi connectivity index (χ3n) is 3.90. The summed E-state index contributed by atoms with van der Waals surface area (Å²) in [7, 11) is -1.73. The molecule has 1 unspecified atom stereocenters. The van der Waals surface area contributed by atoms with Crippen LogP contribution in [0.1, 0.15) is 32.8 Å². The number of sulfonamides is 1. The summed E-state index contributed by atoms with van der Waals surface area (Å²) in [5.41, 5.74) is 2.15. The van der Waals surface area contributed by atoms with Crippen molar-refractivity contribution in [3.05, 3.63) is 23.8 Å². The average Bonchev–Trinajstić information content (AvgIpc) is 2.83. The Morgan fingerprint density at radius 2 is 2.00 bits per heavy atom. The van der Waals surface area contributed by atoms with Gasteiger partial charge in [0.25, 0.3) is 0 Å². The molecule has 5 heteroatoms. The minimum atomic E-state index is -3.40. The fourth-order valence-corrected chi connectivity index (χ4v) is 4.10. The van der Waals surface area contributed by atoms with Gasteiger partial charge in [-0.3, -0.25) is 0 Å². The van der Waals surface area contributed by atoms with Gasteiger partial charge in [0.05, 0.1) is 4.90 Å². The summed E-state index contributed by atoms with van der Waals surface area (Å²) in [5, 5.41) is 3.25. The first-order valence-corrected chi connectivity index (χ1v) is 8.61. The molecule has 1 aromatic rings. The molecule has 0 saturated heterocycles. The standard InChI is InChI=1S/C15H24N2O2S/c1-11(2)9-12(3)17(4)20(18,19)14-5-6-15-13(10-14)7-8-16-15/h5-6,10-12,16H,7-9H2,1-4H3. The normalized spacial score (nSPS) is 16.3. The van der Waals surface area contributed by atoms with Gasteiger partial charge < -0.3 is 5.32 Å². The molecule has 1 N–H and O–H groups in total. The summed E-state index contributed by atoms with van der Waals surface area (Å²) < 4.78 is 26.8. The van der Waals surface area contributed by atoms with Crippen LogP contribution in [-0.2, 0) is 16.4 Å². The van der Waals surface area contributed by atoms with Crippen LogP contribution in [0, 0.1) is 5.92 Å². The van der Waals surface area contributed by atoms with Gasteiger partial charge in [0.15, 0.2) is 0 Å². The highest BCUT2D eigenvalue weighted by molar-refractivity contribution is 7.89. The maximum absolute atomic E-state index is 12.7. The van der Waals surface area contributed by atoms with E-state index in [-0.39, 0.29) is 6.04 Å². The third-order valence-corrected chi connectivity index (χ3v) is 5.86. The van der Waals surface area contributed by atoms with Crippen molar-refractivity contribution in [2.45, 2.75) is 44.6 Å². The lowest BCUT2D eigenvalue weighted by atomic mass is 10.1. The van der Waals surface area contributed by atoms with Crippen LogP contribution >= 0.6 is 0 Å². The van der Waals surface area contributed by atoms with Crippen molar-refractivity contribution in [3.8, 4) is 0 Å². The topological polar surface area (TPSA) is 49.4 Å². The summed E-state index contributed by atoms with van der Waals surface area (Å²) in [6, 6.07) is 5.39. The molecule has 1 atom stereocenters. The highest BCUT2D eigenvalue weighted by Gasteiger charge is 2.26. The molecule has 1 aliphatic rings. The van der Waals surface area contributed by atoms with E-state index in [1.807, 2.05) is 19.1 Å². The number of anilines is 1. The second-order valence-corrected chi connectivity index (χ2v) is 7.99. The van der Waals surface area contributed by atoms with Crippen LogP contribution in [0.4, 0.5) is 5.69 Å². The summed E-state index contributed by atoms with van der Waals surface area (Å²) in [5.74, 6) is 0.479. The van der Waals surface area contributed by atoms with Crippen molar-refractivity contribution in [2.75, 3.05) is 18.9 Å². The molecule has 0 radical (unpaired) electrons. The quantitative estimate of drug-likeness (QED) is 0.909. The number of nitrogens with zero attached hydrogens (tertiary/aromatic N) is 1. The van der Waals surface area contributed by atoms with Crippen LogP contribution in [0.3, 0.4) is 0 Å². The van der Waals surface area contributed by atoms with Gasteiger partial charge in [-0.25, -0.2) is 8.42 Å². The third kappa shape index (κ3) is 2.99. The number of fused-ring (bicyclic) bond motifs is 1. The lowest BCUT2D eigenvalue weighted by molar-refractivity contribution is 0.338. The molecule has 0 spiro atoms. The van der Waals surface area contributed by atoms with Crippen LogP contribution in [0.15, 0.2) is 23.1 Å². The van der Waals surface area contributed by atoms with Crippen LogP contribution in [-0.4, -0.2) is 32.4 Å². The second kappa shape index (κ2) is 5.74. The van der Waals surface area contributed by atoms with Crippen LogP contribution < -0.4 is 5.32 Å². The maximum atomic E-state index is 12.7. The first-order valence-electron chi connectivity index (χ1n) is 7.17. The van der Waals surface area contributed by atoms with Crippen molar-refractivity contribution < 1.29 is 8.42 Å². The number of rotatable bonds is 5. The van der Waals surface area contributed by atoms with E-state index < -0.39 is 10.0 Å². The van der Waals surface area contributed by atoms with E-state index in [2.05, 4.69) is 19.2 Å². The van der Waals surface area contributed by atoms with Crippen molar-refractivity contribution in [1.82, 2.24) is 4.31 Å². The van der Waals surface area contributed by atoms with Crippen LogP contribution in [0.25, 0.3) is 0 Å². The van der Waals surface area contributed by atoms with Gasteiger partial charge in [-0.15, -0.1) is 0 Å². The Labute approximate surface area is 122 Å². The summed E-state index contributed by atoms with van der Waals surface area (Å²) in [4.78, 5) is 0.401. The number of nitrogens with one attached hydrogen (secondary N) is 1. The predicted molar refractivity (Wildman–Crippen MR) is 82.5 cm³/mol. The van der Waals surface area contributed by atoms with Crippen molar-refractivity contribution in [2.24, 2.45) is 5.92 Å². The largest absolute Gasteiger partial charge is 0.384 e. The van der Waals surface area contributed by atoms with Crippen molar-refractivity contribution in [1.29, 1.82) is 0 Å². The van der Waals surface area contributed by atoms with Gasteiger partial charge >= 0.3 is 0 Å². The van der Waals surface area contributed by atoms with Crippen LogP contribution in [0.5, 0.6) is 0 Å². The molecule has 0 fully saturated rings. The van der Waals surface area contributed by atoms with E-state index in [9.17, 15) is 8.42 Å². The van der Waals surface area contributed by atoms with E-state index in [1.54, 1.807) is 13.1 Å². The van der Waals surface area contributed by atoms with Gasteiger partial charge in [-0.05, 0) is 49.4 Å². The molecular formula is C15H24N2O2S. The summed E-state index contributed by atoms with van der Waals surface area (Å²) in [6.45, 7) is 7.07. The monoisotopic (exact) mass is 296 g/mol. The van der Waals surface area contributed by atoms with Gasteiger partial charge in [-0.2, -0.15) is 4.31 Å². The van der Waals surface area contributed by atoms with Gasteiger partial charge in [-0.1, -0.05) is 13.8 Å². The molecule has 4 nitrogen and oxygen atoms in total. The smallest absolute Gasteiger partial charge is 0.243 e. The molecule has 0 aromatic heterocycles. The SMILES string of the molecule is CC(C)CC(C)N(C)S(=O)(=O)c1ccc2c(c1)CCN2. The first-order chi connectivity index (χ1) is 9.32. The second-order valence-electron chi connectivity index (χ2n) is 6.00. The molecule has 20 heavy (non-hydrogen) atoms. The zero-order valence-corrected chi connectivity index (χ0v) is 13.5. The molecule has 0 amide bonds. The number of hydrogen-bond donors (Lipinski definition) is 1. The summed E-state index contributed by atoms with van der Waals surface area (Å²) in [6.07, 6.45) is 1.76. The zero-order chi connectivity index (χ0) is 14.9. The Morgan fingerprint density at radius 1 is 1.30 bits per heavy atom. The van der Waals surface area contributed by atoms with E-state index >= 15 is 0 Å².